The molecule has 4 nitrogen and oxygen atoms in total. The maximum Gasteiger partial charge on any atom is 0.254 e. The number of piperidine rings is 1. The Balaban J connectivity index is 1.45. The van der Waals surface area contributed by atoms with E-state index in [-0.39, 0.29) is 11.3 Å². The molecule has 1 atom stereocenters. The summed E-state index contributed by atoms with van der Waals surface area (Å²) < 4.78 is 0. The van der Waals surface area contributed by atoms with E-state index in [4.69, 9.17) is 0 Å². The molecule has 3 heterocycles. The summed E-state index contributed by atoms with van der Waals surface area (Å²) >= 11 is 1.55. The third-order valence-electron chi connectivity index (χ3n) is 5.94. The number of rotatable bonds is 3. The van der Waals surface area contributed by atoms with E-state index in [9.17, 15) is 9.59 Å². The second-order valence-electron chi connectivity index (χ2n) is 7.42. The van der Waals surface area contributed by atoms with Crippen molar-refractivity contribution >= 4 is 23.2 Å². The van der Waals surface area contributed by atoms with Crippen LogP contribution in [0.4, 0.5) is 0 Å². The van der Waals surface area contributed by atoms with E-state index in [0.29, 0.717) is 12.5 Å². The highest BCUT2D eigenvalue weighted by molar-refractivity contribution is 7.08. The summed E-state index contributed by atoms with van der Waals surface area (Å²) in [6.07, 6.45) is 6.74. The summed E-state index contributed by atoms with van der Waals surface area (Å²) in [4.78, 5) is 29.6. The Morgan fingerprint density at radius 1 is 1.26 bits per heavy atom. The minimum absolute atomic E-state index is 0.0899. The standard InChI is InChI=1S/C18H24N2O2S/c21-16(15-5-10-23-12-15)20-9-7-18(13-20)6-2-8-19(17(18)22)11-14-3-1-4-14/h5,10,12,14H,1-4,6-9,11,13H2/t18-/m0/s1. The van der Waals surface area contributed by atoms with Crippen molar-refractivity contribution in [3.05, 3.63) is 22.4 Å². The molecule has 1 aromatic rings. The third kappa shape index (κ3) is 2.69. The summed E-state index contributed by atoms with van der Waals surface area (Å²) in [5.41, 5.74) is 0.467. The van der Waals surface area contributed by atoms with Crippen LogP contribution in [0.2, 0.25) is 0 Å². The van der Waals surface area contributed by atoms with Gasteiger partial charge in [0.15, 0.2) is 0 Å². The minimum atomic E-state index is -0.298. The van der Waals surface area contributed by atoms with E-state index < -0.39 is 0 Å². The van der Waals surface area contributed by atoms with Crippen LogP contribution in [0.15, 0.2) is 16.8 Å². The molecule has 1 spiro atoms. The average Bonchev–Trinajstić information content (AvgIpc) is 3.17. The normalized spacial score (nSPS) is 28.4. The summed E-state index contributed by atoms with van der Waals surface area (Å²) in [6.45, 7) is 3.19. The van der Waals surface area contributed by atoms with Crippen LogP contribution in [0.1, 0.15) is 48.9 Å². The number of hydrogen-bond donors (Lipinski definition) is 0. The lowest BCUT2D eigenvalue weighted by molar-refractivity contribution is -0.146. The van der Waals surface area contributed by atoms with Gasteiger partial charge in [0.1, 0.15) is 0 Å². The highest BCUT2D eigenvalue weighted by Gasteiger charge is 2.49. The van der Waals surface area contributed by atoms with Crippen LogP contribution in [0.25, 0.3) is 0 Å². The molecule has 0 N–H and O–H groups in total. The molecule has 124 valence electrons. The van der Waals surface area contributed by atoms with E-state index in [1.165, 1.54) is 19.3 Å². The molecule has 1 aliphatic carbocycles. The zero-order chi connectivity index (χ0) is 15.9. The Labute approximate surface area is 141 Å². The van der Waals surface area contributed by atoms with Crippen LogP contribution in [-0.2, 0) is 4.79 Å². The SMILES string of the molecule is O=C(c1ccsc1)N1CC[C@@]2(CCCN(CC3CCC3)C2=O)C1. The molecule has 0 bridgehead atoms. The topological polar surface area (TPSA) is 40.6 Å². The molecule has 0 radical (unpaired) electrons. The predicted octanol–water partition coefficient (Wildman–Crippen LogP) is 3.00. The largest absolute Gasteiger partial charge is 0.342 e. The summed E-state index contributed by atoms with van der Waals surface area (Å²) in [6, 6.07) is 1.88. The van der Waals surface area contributed by atoms with Crippen molar-refractivity contribution in [2.24, 2.45) is 11.3 Å². The molecule has 1 saturated carbocycles. The first-order chi connectivity index (χ1) is 11.2. The number of carbonyl (C=O) groups is 2. The molecule has 0 aromatic carbocycles. The van der Waals surface area contributed by atoms with Crippen LogP contribution >= 0.6 is 11.3 Å². The fraction of sp³-hybridized carbons (Fsp3) is 0.667. The Morgan fingerprint density at radius 3 is 2.83 bits per heavy atom. The van der Waals surface area contributed by atoms with Crippen molar-refractivity contribution < 1.29 is 9.59 Å². The third-order valence-corrected chi connectivity index (χ3v) is 6.62. The Hall–Kier alpha value is -1.36. The lowest BCUT2D eigenvalue weighted by atomic mass is 9.77. The predicted molar refractivity (Wildman–Crippen MR) is 90.4 cm³/mol. The molecule has 3 aliphatic rings. The van der Waals surface area contributed by atoms with Gasteiger partial charge in [-0.2, -0.15) is 11.3 Å². The number of likely N-dealkylation sites (tertiary alicyclic amines) is 2. The van der Waals surface area contributed by atoms with Gasteiger partial charge in [0.25, 0.3) is 5.91 Å². The van der Waals surface area contributed by atoms with Crippen molar-refractivity contribution in [1.29, 1.82) is 0 Å². The molecular formula is C18H24N2O2S. The molecule has 2 saturated heterocycles. The molecule has 2 amide bonds. The molecule has 5 heteroatoms. The highest BCUT2D eigenvalue weighted by Crippen LogP contribution is 2.41. The number of amides is 2. The first kappa shape index (κ1) is 15.2. The highest BCUT2D eigenvalue weighted by atomic mass is 32.1. The summed E-state index contributed by atoms with van der Waals surface area (Å²) in [5.74, 6) is 1.13. The van der Waals surface area contributed by atoms with Gasteiger partial charge in [-0.15, -0.1) is 0 Å². The second-order valence-corrected chi connectivity index (χ2v) is 8.20. The van der Waals surface area contributed by atoms with Gasteiger partial charge >= 0.3 is 0 Å². The van der Waals surface area contributed by atoms with E-state index in [0.717, 1.165) is 50.4 Å². The Morgan fingerprint density at radius 2 is 2.13 bits per heavy atom. The molecular weight excluding hydrogens is 308 g/mol. The summed E-state index contributed by atoms with van der Waals surface area (Å²) in [7, 11) is 0. The maximum atomic E-state index is 13.1. The minimum Gasteiger partial charge on any atom is -0.342 e. The molecule has 4 rings (SSSR count). The Kier molecular flexibility index (Phi) is 3.92. The van der Waals surface area contributed by atoms with Crippen molar-refractivity contribution in [3.63, 3.8) is 0 Å². The van der Waals surface area contributed by atoms with Gasteiger partial charge in [-0.25, -0.2) is 0 Å². The maximum absolute atomic E-state index is 13.1. The van der Waals surface area contributed by atoms with Crippen molar-refractivity contribution in [3.8, 4) is 0 Å². The van der Waals surface area contributed by atoms with Gasteiger partial charge < -0.3 is 9.80 Å². The van der Waals surface area contributed by atoms with Crippen LogP contribution in [0.3, 0.4) is 0 Å². The van der Waals surface area contributed by atoms with Gasteiger partial charge in [0, 0.05) is 31.6 Å². The number of carbonyl (C=O) groups excluding carboxylic acids is 2. The molecule has 23 heavy (non-hydrogen) atoms. The monoisotopic (exact) mass is 332 g/mol. The van der Waals surface area contributed by atoms with Crippen LogP contribution in [0.5, 0.6) is 0 Å². The van der Waals surface area contributed by atoms with Gasteiger partial charge in [-0.3, -0.25) is 9.59 Å². The van der Waals surface area contributed by atoms with Crippen LogP contribution < -0.4 is 0 Å². The van der Waals surface area contributed by atoms with Gasteiger partial charge in [0.2, 0.25) is 5.91 Å². The quantitative estimate of drug-likeness (QED) is 0.854. The van der Waals surface area contributed by atoms with Gasteiger partial charge in [-0.1, -0.05) is 6.42 Å². The molecule has 0 unspecified atom stereocenters. The first-order valence-corrected chi connectivity index (χ1v) is 9.73. The zero-order valence-electron chi connectivity index (χ0n) is 13.5. The van der Waals surface area contributed by atoms with Crippen molar-refractivity contribution in [2.75, 3.05) is 26.2 Å². The van der Waals surface area contributed by atoms with E-state index in [2.05, 4.69) is 4.90 Å². The van der Waals surface area contributed by atoms with Gasteiger partial charge in [-0.05, 0) is 49.5 Å². The smallest absolute Gasteiger partial charge is 0.254 e. The van der Waals surface area contributed by atoms with Crippen LogP contribution in [0, 0.1) is 11.3 Å². The average molecular weight is 332 g/mol. The fourth-order valence-corrected chi connectivity index (χ4v) is 4.94. The molecule has 1 aromatic heterocycles. The number of hydrogen-bond acceptors (Lipinski definition) is 3. The number of nitrogens with zero attached hydrogens (tertiary/aromatic N) is 2. The second kappa shape index (κ2) is 5.93. The van der Waals surface area contributed by atoms with Crippen molar-refractivity contribution in [2.45, 2.75) is 38.5 Å². The first-order valence-electron chi connectivity index (χ1n) is 8.79. The van der Waals surface area contributed by atoms with Crippen molar-refractivity contribution in [1.82, 2.24) is 9.80 Å². The lowest BCUT2D eigenvalue weighted by Crippen LogP contribution is -2.52. The number of thiophene rings is 1. The molecule has 3 fully saturated rings. The Bertz CT molecular complexity index is 596. The lowest BCUT2D eigenvalue weighted by Gasteiger charge is -2.42. The zero-order valence-corrected chi connectivity index (χ0v) is 14.3. The van der Waals surface area contributed by atoms with E-state index >= 15 is 0 Å². The molecule has 2 aliphatic heterocycles. The fourth-order valence-electron chi connectivity index (χ4n) is 4.31. The van der Waals surface area contributed by atoms with Gasteiger partial charge in [0.05, 0.1) is 11.0 Å². The van der Waals surface area contributed by atoms with E-state index in [1.807, 2.05) is 21.7 Å². The summed E-state index contributed by atoms with van der Waals surface area (Å²) in [5, 5.41) is 3.84. The van der Waals surface area contributed by atoms with E-state index in [1.54, 1.807) is 11.3 Å². The van der Waals surface area contributed by atoms with Crippen LogP contribution in [-0.4, -0.2) is 47.8 Å².